The lowest BCUT2D eigenvalue weighted by Gasteiger charge is -2.26. The van der Waals surface area contributed by atoms with Gasteiger partial charge in [0.1, 0.15) is 0 Å². The van der Waals surface area contributed by atoms with E-state index in [2.05, 4.69) is 22.0 Å². The lowest BCUT2D eigenvalue weighted by Crippen LogP contribution is -2.43. The Morgan fingerprint density at radius 2 is 1.92 bits per heavy atom. The van der Waals surface area contributed by atoms with Crippen molar-refractivity contribution in [2.75, 3.05) is 38.0 Å². The Morgan fingerprint density at radius 3 is 2.58 bits per heavy atom. The first-order valence-corrected chi connectivity index (χ1v) is 9.50. The highest BCUT2D eigenvalue weighted by Gasteiger charge is 2.31. The van der Waals surface area contributed by atoms with Gasteiger partial charge in [0.2, 0.25) is 5.91 Å². The van der Waals surface area contributed by atoms with E-state index in [0.717, 1.165) is 38.4 Å². The minimum Gasteiger partial charge on any atom is -0.325 e. The van der Waals surface area contributed by atoms with Gasteiger partial charge in [-0.05, 0) is 56.5 Å². The van der Waals surface area contributed by atoms with Gasteiger partial charge in [-0.25, -0.2) is 0 Å². The summed E-state index contributed by atoms with van der Waals surface area (Å²) in [4.78, 5) is 17.5. The molecule has 0 saturated carbocycles. The molecule has 0 aromatic heterocycles. The summed E-state index contributed by atoms with van der Waals surface area (Å²) in [5.74, 6) is 0.843. The number of hydrogen-bond donors (Lipinski definition) is 1. The molecule has 2 aliphatic heterocycles. The molecule has 0 bridgehead atoms. The average molecular weight is 370 g/mol. The molecule has 0 radical (unpaired) electrons. The van der Waals surface area contributed by atoms with Gasteiger partial charge in [0.25, 0.3) is 0 Å². The van der Waals surface area contributed by atoms with E-state index >= 15 is 0 Å². The molecule has 2 saturated heterocycles. The van der Waals surface area contributed by atoms with E-state index in [1.165, 1.54) is 19.5 Å². The van der Waals surface area contributed by atoms with E-state index in [0.29, 0.717) is 15.7 Å². The van der Waals surface area contributed by atoms with Crippen LogP contribution in [0.4, 0.5) is 5.69 Å². The molecule has 2 aliphatic rings. The van der Waals surface area contributed by atoms with Crippen LogP contribution in [0.3, 0.4) is 0 Å². The minimum atomic E-state index is -0.0530. The van der Waals surface area contributed by atoms with Crippen molar-refractivity contribution in [3.8, 4) is 0 Å². The number of benzene rings is 1. The molecular formula is C18H25Cl2N3O. The van der Waals surface area contributed by atoms with Crippen LogP contribution in [0.1, 0.15) is 26.2 Å². The molecule has 0 spiro atoms. The second kappa shape index (κ2) is 8.05. The van der Waals surface area contributed by atoms with E-state index in [-0.39, 0.29) is 11.9 Å². The smallest absolute Gasteiger partial charge is 0.241 e. The Morgan fingerprint density at radius 1 is 1.17 bits per heavy atom. The maximum atomic E-state index is 12.6. The van der Waals surface area contributed by atoms with Gasteiger partial charge in [-0.3, -0.25) is 9.69 Å². The maximum Gasteiger partial charge on any atom is 0.241 e. The Bertz CT molecular complexity index is 575. The van der Waals surface area contributed by atoms with Gasteiger partial charge in [0.05, 0.1) is 6.04 Å². The fourth-order valence-electron chi connectivity index (χ4n) is 3.74. The number of nitrogens with one attached hydrogen (secondary N) is 1. The van der Waals surface area contributed by atoms with Crippen molar-refractivity contribution in [3.63, 3.8) is 0 Å². The summed E-state index contributed by atoms with van der Waals surface area (Å²) in [5, 5.41) is 4.03. The van der Waals surface area contributed by atoms with Crippen molar-refractivity contribution >= 4 is 34.8 Å². The molecule has 2 heterocycles. The summed E-state index contributed by atoms with van der Waals surface area (Å²) >= 11 is 12.0. The molecule has 0 unspecified atom stereocenters. The number of rotatable bonds is 5. The molecule has 1 amide bonds. The van der Waals surface area contributed by atoms with Crippen LogP contribution in [-0.4, -0.2) is 54.5 Å². The van der Waals surface area contributed by atoms with Crippen LogP contribution in [-0.2, 0) is 4.79 Å². The van der Waals surface area contributed by atoms with Crippen LogP contribution >= 0.6 is 23.2 Å². The van der Waals surface area contributed by atoms with E-state index in [1.807, 2.05) is 0 Å². The topological polar surface area (TPSA) is 35.6 Å². The van der Waals surface area contributed by atoms with Crippen LogP contribution < -0.4 is 5.32 Å². The van der Waals surface area contributed by atoms with Gasteiger partial charge in [-0.15, -0.1) is 0 Å². The first-order chi connectivity index (χ1) is 11.5. The van der Waals surface area contributed by atoms with Gasteiger partial charge in [0.15, 0.2) is 0 Å². The van der Waals surface area contributed by atoms with Crippen molar-refractivity contribution < 1.29 is 4.79 Å². The second-order valence-electron chi connectivity index (χ2n) is 7.04. The molecule has 0 aliphatic carbocycles. The molecule has 1 aromatic rings. The molecule has 24 heavy (non-hydrogen) atoms. The SMILES string of the molecule is C[C@@H]1CCN(CCN2CCC[C@H]2C(=O)Nc2cc(Cl)cc(Cl)c2)C1. The Labute approximate surface area is 154 Å². The molecule has 132 valence electrons. The standard InChI is InChI=1S/C18H25Cl2N3O/c1-13-4-6-22(12-13)7-8-23-5-2-3-17(23)18(24)21-16-10-14(19)9-15(20)11-16/h9-11,13,17H,2-8,12H2,1H3,(H,21,24)/t13-,17+/m1/s1. The molecular weight excluding hydrogens is 345 g/mol. The normalized spacial score (nSPS) is 25.3. The lowest BCUT2D eigenvalue weighted by atomic mass is 10.2. The van der Waals surface area contributed by atoms with Crippen molar-refractivity contribution in [3.05, 3.63) is 28.2 Å². The number of halogens is 2. The van der Waals surface area contributed by atoms with Gasteiger partial charge in [-0.1, -0.05) is 30.1 Å². The van der Waals surface area contributed by atoms with Gasteiger partial charge >= 0.3 is 0 Å². The van der Waals surface area contributed by atoms with Gasteiger partial charge < -0.3 is 10.2 Å². The number of anilines is 1. The molecule has 2 atom stereocenters. The number of amides is 1. The van der Waals surface area contributed by atoms with Crippen molar-refractivity contribution in [2.45, 2.75) is 32.2 Å². The molecule has 1 aromatic carbocycles. The highest BCUT2D eigenvalue weighted by atomic mass is 35.5. The van der Waals surface area contributed by atoms with Crippen LogP contribution in [0.2, 0.25) is 10.0 Å². The maximum absolute atomic E-state index is 12.6. The first kappa shape index (κ1) is 18.0. The summed E-state index contributed by atoms with van der Waals surface area (Å²) in [6.45, 7) is 7.69. The molecule has 6 heteroatoms. The number of hydrogen-bond acceptors (Lipinski definition) is 3. The second-order valence-corrected chi connectivity index (χ2v) is 7.91. The third kappa shape index (κ3) is 4.63. The van der Waals surface area contributed by atoms with Crippen molar-refractivity contribution in [2.24, 2.45) is 5.92 Å². The van der Waals surface area contributed by atoms with Crippen LogP contribution in [0, 0.1) is 5.92 Å². The van der Waals surface area contributed by atoms with Crippen molar-refractivity contribution in [1.29, 1.82) is 0 Å². The van der Waals surface area contributed by atoms with E-state index in [9.17, 15) is 4.79 Å². The number of likely N-dealkylation sites (tertiary alicyclic amines) is 2. The number of nitrogens with zero attached hydrogens (tertiary/aromatic N) is 2. The van der Waals surface area contributed by atoms with E-state index in [4.69, 9.17) is 23.2 Å². The predicted molar refractivity (Wildman–Crippen MR) is 99.9 cm³/mol. The van der Waals surface area contributed by atoms with E-state index < -0.39 is 0 Å². The monoisotopic (exact) mass is 369 g/mol. The zero-order valence-corrected chi connectivity index (χ0v) is 15.6. The quantitative estimate of drug-likeness (QED) is 0.858. The largest absolute Gasteiger partial charge is 0.325 e. The zero-order chi connectivity index (χ0) is 17.1. The summed E-state index contributed by atoms with van der Waals surface area (Å²) in [7, 11) is 0. The average Bonchev–Trinajstić information content (AvgIpc) is 3.12. The van der Waals surface area contributed by atoms with E-state index in [1.54, 1.807) is 18.2 Å². The first-order valence-electron chi connectivity index (χ1n) is 8.74. The summed E-state index contributed by atoms with van der Waals surface area (Å²) in [5.41, 5.74) is 0.665. The third-order valence-corrected chi connectivity index (χ3v) is 5.44. The van der Waals surface area contributed by atoms with Gasteiger partial charge in [0, 0.05) is 35.4 Å². The van der Waals surface area contributed by atoms with Crippen molar-refractivity contribution in [1.82, 2.24) is 9.80 Å². The zero-order valence-electron chi connectivity index (χ0n) is 14.1. The van der Waals surface area contributed by atoms with Crippen LogP contribution in [0.25, 0.3) is 0 Å². The Balaban J connectivity index is 1.55. The number of carbonyl (C=O) groups excluding carboxylic acids is 1. The summed E-state index contributed by atoms with van der Waals surface area (Å²) < 4.78 is 0. The third-order valence-electron chi connectivity index (χ3n) is 5.01. The Kier molecular flexibility index (Phi) is 6.03. The summed E-state index contributed by atoms with van der Waals surface area (Å²) in [6, 6.07) is 5.08. The fraction of sp³-hybridized carbons (Fsp3) is 0.611. The minimum absolute atomic E-state index is 0.0422. The molecule has 1 N–H and O–H groups in total. The van der Waals surface area contributed by atoms with Crippen LogP contribution in [0.5, 0.6) is 0 Å². The molecule has 4 nitrogen and oxygen atoms in total. The summed E-state index contributed by atoms with van der Waals surface area (Å²) in [6.07, 6.45) is 3.28. The molecule has 3 rings (SSSR count). The van der Waals surface area contributed by atoms with Gasteiger partial charge in [-0.2, -0.15) is 0 Å². The lowest BCUT2D eigenvalue weighted by molar-refractivity contribution is -0.120. The fourth-order valence-corrected chi connectivity index (χ4v) is 4.27. The highest BCUT2D eigenvalue weighted by molar-refractivity contribution is 6.35. The highest BCUT2D eigenvalue weighted by Crippen LogP contribution is 2.24. The van der Waals surface area contributed by atoms with Crippen LogP contribution in [0.15, 0.2) is 18.2 Å². The Hall–Kier alpha value is -0.810. The predicted octanol–water partition coefficient (Wildman–Crippen LogP) is 3.74. The molecule has 2 fully saturated rings. The number of carbonyl (C=O) groups is 1.